The fourth-order valence-electron chi connectivity index (χ4n) is 2.88. The van der Waals surface area contributed by atoms with Crippen LogP contribution < -0.4 is 10.5 Å². The first-order valence-corrected chi connectivity index (χ1v) is 10.3. The lowest BCUT2D eigenvalue weighted by molar-refractivity contribution is 0.0950. The van der Waals surface area contributed by atoms with Crippen LogP contribution in [0.5, 0.6) is 0 Å². The van der Waals surface area contributed by atoms with Crippen molar-refractivity contribution in [2.75, 3.05) is 0 Å². The lowest BCUT2D eigenvalue weighted by atomic mass is 10.1. The van der Waals surface area contributed by atoms with E-state index in [0.29, 0.717) is 0 Å². The van der Waals surface area contributed by atoms with Crippen LogP contribution in [0.15, 0.2) is 53.4 Å². The molecule has 0 aliphatic heterocycles. The fourth-order valence-corrected chi connectivity index (χ4v) is 3.96. The van der Waals surface area contributed by atoms with Crippen molar-refractivity contribution in [1.82, 2.24) is 15.1 Å². The summed E-state index contributed by atoms with van der Waals surface area (Å²) in [6.07, 6.45) is 0. The third kappa shape index (κ3) is 4.09. The number of aryl methyl sites for hydroxylation is 1. The van der Waals surface area contributed by atoms with Gasteiger partial charge in [-0.1, -0.05) is 29.8 Å². The van der Waals surface area contributed by atoms with Gasteiger partial charge in [0.15, 0.2) is 0 Å². The molecule has 9 heteroatoms. The zero-order chi connectivity index (χ0) is 20.5. The molecule has 0 unspecified atom stereocenters. The van der Waals surface area contributed by atoms with E-state index >= 15 is 0 Å². The van der Waals surface area contributed by atoms with Crippen LogP contribution in [0.1, 0.15) is 27.3 Å². The molecule has 146 valence electrons. The number of amides is 1. The highest BCUT2D eigenvalue weighted by atomic mass is 35.5. The Hall–Kier alpha value is -2.68. The molecular formula is C19H19ClN4O3S. The van der Waals surface area contributed by atoms with E-state index in [-0.39, 0.29) is 22.0 Å². The topological polar surface area (TPSA) is 107 Å². The molecule has 0 aliphatic carbocycles. The van der Waals surface area contributed by atoms with E-state index in [1.807, 2.05) is 48.9 Å². The van der Waals surface area contributed by atoms with Crippen LogP contribution in [0, 0.1) is 13.8 Å². The molecule has 3 N–H and O–H groups in total. The quantitative estimate of drug-likeness (QED) is 0.664. The molecule has 28 heavy (non-hydrogen) atoms. The van der Waals surface area contributed by atoms with Gasteiger partial charge in [-0.2, -0.15) is 5.10 Å². The molecule has 2 aromatic carbocycles. The largest absolute Gasteiger partial charge is 0.348 e. The zero-order valence-corrected chi connectivity index (χ0v) is 16.9. The van der Waals surface area contributed by atoms with Crippen LogP contribution in [0.4, 0.5) is 0 Å². The molecule has 0 fully saturated rings. The Morgan fingerprint density at radius 1 is 1.18 bits per heavy atom. The third-order valence-electron chi connectivity index (χ3n) is 4.37. The molecule has 1 aromatic heterocycles. The minimum atomic E-state index is -4.02. The second kappa shape index (κ2) is 7.75. The van der Waals surface area contributed by atoms with E-state index in [9.17, 15) is 13.2 Å². The lowest BCUT2D eigenvalue weighted by Gasteiger charge is -2.09. The van der Waals surface area contributed by atoms with Crippen molar-refractivity contribution < 1.29 is 13.2 Å². The Morgan fingerprint density at radius 2 is 1.86 bits per heavy atom. The van der Waals surface area contributed by atoms with Crippen molar-refractivity contribution in [2.45, 2.75) is 25.3 Å². The predicted octanol–water partition coefficient (Wildman–Crippen LogP) is 2.72. The Balaban J connectivity index is 1.82. The number of carbonyl (C=O) groups excluding carboxylic acids is 1. The predicted molar refractivity (Wildman–Crippen MR) is 107 cm³/mol. The van der Waals surface area contributed by atoms with E-state index in [1.54, 1.807) is 0 Å². The van der Waals surface area contributed by atoms with E-state index in [2.05, 4.69) is 10.4 Å². The van der Waals surface area contributed by atoms with Crippen LogP contribution in [0.2, 0.25) is 5.02 Å². The number of para-hydroxylation sites is 1. The minimum absolute atomic E-state index is 0.0325. The molecule has 3 aromatic rings. The zero-order valence-electron chi connectivity index (χ0n) is 15.3. The molecular weight excluding hydrogens is 400 g/mol. The summed E-state index contributed by atoms with van der Waals surface area (Å²) in [5.74, 6) is -0.437. The summed E-state index contributed by atoms with van der Waals surface area (Å²) in [6.45, 7) is 4.04. The summed E-state index contributed by atoms with van der Waals surface area (Å²) in [5.41, 5.74) is 3.67. The van der Waals surface area contributed by atoms with Gasteiger partial charge in [0.1, 0.15) is 4.90 Å². The maximum Gasteiger partial charge on any atom is 0.251 e. The van der Waals surface area contributed by atoms with E-state index in [4.69, 9.17) is 16.7 Å². The van der Waals surface area contributed by atoms with Gasteiger partial charge in [0, 0.05) is 23.4 Å². The van der Waals surface area contributed by atoms with E-state index < -0.39 is 15.9 Å². The van der Waals surface area contributed by atoms with Crippen LogP contribution >= 0.6 is 11.6 Å². The molecule has 1 amide bonds. The third-order valence-corrected chi connectivity index (χ3v) is 5.76. The van der Waals surface area contributed by atoms with Crippen LogP contribution in [-0.2, 0) is 16.6 Å². The molecule has 7 nitrogen and oxygen atoms in total. The number of halogens is 1. The average Bonchev–Trinajstić information content (AvgIpc) is 2.94. The number of rotatable bonds is 5. The number of hydrogen-bond donors (Lipinski definition) is 2. The Labute approximate surface area is 168 Å². The second-order valence-electron chi connectivity index (χ2n) is 6.27. The standard InChI is InChI=1S/C19H19ClN4O3S/c1-12-16(13(2)24(23-12)15-6-4-3-5-7-15)11-22-19(25)14-8-9-17(20)18(10-14)28(21,26)27/h3-10H,11H2,1-2H3,(H,22,25)(H2,21,26,27). The molecule has 0 saturated carbocycles. The van der Waals surface area contributed by atoms with Gasteiger partial charge in [-0.3, -0.25) is 4.79 Å². The van der Waals surface area contributed by atoms with Crippen molar-refractivity contribution in [1.29, 1.82) is 0 Å². The van der Waals surface area contributed by atoms with Crippen LogP contribution in [-0.4, -0.2) is 24.1 Å². The molecule has 0 aliphatic rings. The SMILES string of the molecule is Cc1nn(-c2ccccc2)c(C)c1CNC(=O)c1ccc(Cl)c(S(N)(=O)=O)c1. The maximum atomic E-state index is 12.5. The lowest BCUT2D eigenvalue weighted by Crippen LogP contribution is -2.24. The highest BCUT2D eigenvalue weighted by Gasteiger charge is 2.18. The summed E-state index contributed by atoms with van der Waals surface area (Å²) in [5, 5.41) is 12.4. The second-order valence-corrected chi connectivity index (χ2v) is 8.21. The van der Waals surface area contributed by atoms with Gasteiger partial charge in [-0.15, -0.1) is 0 Å². The summed E-state index contributed by atoms with van der Waals surface area (Å²) in [4.78, 5) is 12.2. The van der Waals surface area contributed by atoms with Gasteiger partial charge < -0.3 is 5.32 Å². The molecule has 0 saturated heterocycles. The number of hydrogen-bond acceptors (Lipinski definition) is 4. The molecule has 3 rings (SSSR count). The monoisotopic (exact) mass is 418 g/mol. The molecule has 0 radical (unpaired) electrons. The van der Waals surface area contributed by atoms with Crippen LogP contribution in [0.3, 0.4) is 0 Å². The number of sulfonamides is 1. The number of carbonyl (C=O) groups is 1. The van der Waals surface area contributed by atoms with Gasteiger partial charge in [-0.25, -0.2) is 18.2 Å². The number of nitrogens with two attached hydrogens (primary N) is 1. The van der Waals surface area contributed by atoms with Crippen molar-refractivity contribution >= 4 is 27.5 Å². The Kier molecular flexibility index (Phi) is 5.55. The highest BCUT2D eigenvalue weighted by molar-refractivity contribution is 7.89. The van der Waals surface area contributed by atoms with Gasteiger partial charge >= 0.3 is 0 Å². The maximum absolute atomic E-state index is 12.5. The summed E-state index contributed by atoms with van der Waals surface area (Å²) >= 11 is 5.86. The Morgan fingerprint density at radius 3 is 2.50 bits per heavy atom. The van der Waals surface area contributed by atoms with Gasteiger partial charge in [0.05, 0.1) is 16.4 Å². The number of benzene rings is 2. The molecule has 0 bridgehead atoms. The molecule has 0 atom stereocenters. The molecule has 1 heterocycles. The number of aromatic nitrogens is 2. The summed E-state index contributed by atoms with van der Waals surface area (Å²) in [6, 6.07) is 13.6. The van der Waals surface area contributed by atoms with Gasteiger partial charge in [-0.05, 0) is 44.2 Å². The first-order valence-electron chi connectivity index (χ1n) is 8.39. The van der Waals surface area contributed by atoms with Crippen molar-refractivity contribution in [3.8, 4) is 5.69 Å². The first kappa shape index (κ1) is 20.1. The van der Waals surface area contributed by atoms with E-state index in [0.717, 1.165) is 22.6 Å². The normalized spacial score (nSPS) is 11.4. The summed E-state index contributed by atoms with van der Waals surface area (Å²) in [7, 11) is -4.02. The van der Waals surface area contributed by atoms with Gasteiger partial charge in [0.2, 0.25) is 10.0 Å². The van der Waals surface area contributed by atoms with Crippen molar-refractivity contribution in [2.24, 2.45) is 5.14 Å². The fraction of sp³-hybridized carbons (Fsp3) is 0.158. The average molecular weight is 419 g/mol. The molecule has 0 spiro atoms. The summed E-state index contributed by atoms with van der Waals surface area (Å²) < 4.78 is 25.0. The minimum Gasteiger partial charge on any atom is -0.348 e. The first-order chi connectivity index (χ1) is 13.2. The van der Waals surface area contributed by atoms with E-state index in [1.165, 1.54) is 18.2 Å². The number of primary sulfonamides is 1. The van der Waals surface area contributed by atoms with Crippen LogP contribution in [0.25, 0.3) is 5.69 Å². The van der Waals surface area contributed by atoms with Crippen molar-refractivity contribution in [3.63, 3.8) is 0 Å². The van der Waals surface area contributed by atoms with Crippen molar-refractivity contribution in [3.05, 3.63) is 76.1 Å². The Bertz CT molecular complexity index is 1140. The number of nitrogens with one attached hydrogen (secondary N) is 1. The van der Waals surface area contributed by atoms with Gasteiger partial charge in [0.25, 0.3) is 5.91 Å². The number of nitrogens with zero attached hydrogens (tertiary/aromatic N) is 2. The highest BCUT2D eigenvalue weighted by Crippen LogP contribution is 2.22. The smallest absolute Gasteiger partial charge is 0.251 e.